The van der Waals surface area contributed by atoms with Gasteiger partial charge in [-0.1, -0.05) is 13.3 Å². The molecule has 2 aromatic rings. The molecule has 152 valence electrons. The molecule has 0 bridgehead atoms. The van der Waals surface area contributed by atoms with Crippen molar-refractivity contribution in [2.24, 2.45) is 0 Å². The monoisotopic (exact) mass is 386 g/mol. The van der Waals surface area contributed by atoms with Gasteiger partial charge < -0.3 is 24.8 Å². The minimum Gasteiger partial charge on any atom is -0.494 e. The average molecular weight is 386 g/mol. The van der Waals surface area contributed by atoms with Gasteiger partial charge in [0.2, 0.25) is 5.91 Å². The number of anilines is 2. The number of rotatable bonds is 13. The van der Waals surface area contributed by atoms with Crippen molar-refractivity contribution in [2.45, 2.75) is 26.7 Å². The van der Waals surface area contributed by atoms with Crippen LogP contribution in [0.5, 0.6) is 11.5 Å². The summed E-state index contributed by atoms with van der Waals surface area (Å²) in [7, 11) is 0. The third-order valence-electron chi connectivity index (χ3n) is 3.91. The van der Waals surface area contributed by atoms with Gasteiger partial charge in [-0.05, 0) is 61.9 Å². The number of carbonyl (C=O) groups excluding carboxylic acids is 1. The van der Waals surface area contributed by atoms with Gasteiger partial charge >= 0.3 is 0 Å². The van der Waals surface area contributed by atoms with Crippen LogP contribution in [0.4, 0.5) is 11.4 Å². The van der Waals surface area contributed by atoms with Gasteiger partial charge in [-0.2, -0.15) is 0 Å². The molecule has 0 aliphatic carbocycles. The topological polar surface area (TPSA) is 68.8 Å². The van der Waals surface area contributed by atoms with Crippen molar-refractivity contribution in [3.63, 3.8) is 0 Å². The minimum absolute atomic E-state index is 0.114. The van der Waals surface area contributed by atoms with Gasteiger partial charge in [0.15, 0.2) is 0 Å². The quantitative estimate of drug-likeness (QED) is 0.502. The summed E-state index contributed by atoms with van der Waals surface area (Å²) in [5.74, 6) is 1.47. The normalized spacial score (nSPS) is 10.4. The van der Waals surface area contributed by atoms with Crippen molar-refractivity contribution in [2.75, 3.05) is 43.6 Å². The zero-order valence-electron chi connectivity index (χ0n) is 16.7. The van der Waals surface area contributed by atoms with Gasteiger partial charge in [-0.25, -0.2) is 0 Å². The van der Waals surface area contributed by atoms with Crippen LogP contribution in [0.25, 0.3) is 0 Å². The number of hydrogen-bond donors (Lipinski definition) is 2. The van der Waals surface area contributed by atoms with E-state index in [1.54, 1.807) is 0 Å². The Labute approximate surface area is 167 Å². The van der Waals surface area contributed by atoms with Crippen LogP contribution >= 0.6 is 0 Å². The fourth-order valence-electron chi connectivity index (χ4n) is 2.39. The molecular formula is C22H30N2O4. The van der Waals surface area contributed by atoms with Gasteiger partial charge in [0, 0.05) is 18.0 Å². The highest BCUT2D eigenvalue weighted by Gasteiger charge is 2.03. The van der Waals surface area contributed by atoms with Crippen molar-refractivity contribution in [3.8, 4) is 11.5 Å². The summed E-state index contributed by atoms with van der Waals surface area (Å²) in [5, 5.41) is 5.96. The summed E-state index contributed by atoms with van der Waals surface area (Å²) in [5.41, 5.74) is 1.60. The Morgan fingerprint density at radius 1 is 0.821 bits per heavy atom. The molecule has 1 amide bonds. The minimum atomic E-state index is -0.114. The Hall–Kier alpha value is -2.73. The number of nitrogens with one attached hydrogen (secondary N) is 2. The lowest BCUT2D eigenvalue weighted by atomic mass is 10.3. The third kappa shape index (κ3) is 8.31. The Morgan fingerprint density at radius 3 is 2.04 bits per heavy atom. The second kappa shape index (κ2) is 12.6. The molecule has 0 saturated heterocycles. The predicted octanol–water partition coefficient (Wildman–Crippen LogP) is 4.33. The van der Waals surface area contributed by atoms with Crippen molar-refractivity contribution >= 4 is 17.3 Å². The SMILES string of the molecule is CCCCOc1ccc(NC(=O)CNc2ccc(OCCOCC)cc2)cc1. The van der Waals surface area contributed by atoms with Crippen molar-refractivity contribution in [3.05, 3.63) is 48.5 Å². The summed E-state index contributed by atoms with van der Waals surface area (Å²) < 4.78 is 16.4. The van der Waals surface area contributed by atoms with Gasteiger partial charge in [-0.3, -0.25) is 4.79 Å². The predicted molar refractivity (Wildman–Crippen MR) is 112 cm³/mol. The van der Waals surface area contributed by atoms with E-state index in [0.717, 1.165) is 35.7 Å². The second-order valence-corrected chi connectivity index (χ2v) is 6.20. The van der Waals surface area contributed by atoms with Crippen LogP contribution < -0.4 is 20.1 Å². The van der Waals surface area contributed by atoms with Crippen molar-refractivity contribution < 1.29 is 19.0 Å². The molecule has 0 aliphatic rings. The molecule has 2 aromatic carbocycles. The fraction of sp³-hybridized carbons (Fsp3) is 0.409. The van der Waals surface area contributed by atoms with E-state index in [4.69, 9.17) is 14.2 Å². The summed E-state index contributed by atoms with van der Waals surface area (Å²) >= 11 is 0. The van der Waals surface area contributed by atoms with Gasteiger partial charge in [0.25, 0.3) is 0 Å². The molecule has 6 heteroatoms. The standard InChI is InChI=1S/C22H30N2O4/c1-3-5-14-27-20-12-8-19(9-13-20)24-22(25)17-23-18-6-10-21(11-7-18)28-16-15-26-4-2/h6-13,23H,3-5,14-17H2,1-2H3,(H,24,25). The molecule has 0 fully saturated rings. The first-order valence-corrected chi connectivity index (χ1v) is 9.78. The maximum Gasteiger partial charge on any atom is 0.243 e. The maximum atomic E-state index is 12.1. The molecule has 0 spiro atoms. The van der Waals surface area contributed by atoms with E-state index in [2.05, 4.69) is 17.6 Å². The van der Waals surface area contributed by atoms with E-state index >= 15 is 0 Å². The zero-order chi connectivity index (χ0) is 20.0. The summed E-state index contributed by atoms with van der Waals surface area (Å²) in [6.07, 6.45) is 2.13. The Kier molecular flexibility index (Phi) is 9.72. The first-order chi connectivity index (χ1) is 13.7. The largest absolute Gasteiger partial charge is 0.494 e. The second-order valence-electron chi connectivity index (χ2n) is 6.20. The van der Waals surface area contributed by atoms with Crippen LogP contribution in [0.3, 0.4) is 0 Å². The van der Waals surface area contributed by atoms with Crippen LogP contribution in [-0.2, 0) is 9.53 Å². The van der Waals surface area contributed by atoms with Gasteiger partial charge in [-0.15, -0.1) is 0 Å². The maximum absolute atomic E-state index is 12.1. The zero-order valence-corrected chi connectivity index (χ0v) is 16.7. The number of carbonyl (C=O) groups is 1. The van der Waals surface area contributed by atoms with Crippen molar-refractivity contribution in [1.82, 2.24) is 0 Å². The first kappa shape index (κ1) is 21.6. The third-order valence-corrected chi connectivity index (χ3v) is 3.91. The van der Waals surface area contributed by atoms with Crippen LogP contribution in [0.1, 0.15) is 26.7 Å². The van der Waals surface area contributed by atoms with E-state index < -0.39 is 0 Å². The lowest BCUT2D eigenvalue weighted by Crippen LogP contribution is -2.21. The number of benzene rings is 2. The van der Waals surface area contributed by atoms with E-state index in [-0.39, 0.29) is 12.5 Å². The Bertz CT molecular complexity index is 687. The lowest BCUT2D eigenvalue weighted by Gasteiger charge is -2.10. The van der Waals surface area contributed by atoms with Gasteiger partial charge in [0.05, 0.1) is 19.8 Å². The number of hydrogen-bond acceptors (Lipinski definition) is 5. The Balaban J connectivity index is 1.70. The van der Waals surface area contributed by atoms with Crippen molar-refractivity contribution in [1.29, 1.82) is 0 Å². The molecule has 28 heavy (non-hydrogen) atoms. The van der Waals surface area contributed by atoms with Gasteiger partial charge in [0.1, 0.15) is 18.1 Å². The Morgan fingerprint density at radius 2 is 1.43 bits per heavy atom. The van der Waals surface area contributed by atoms with Crippen LogP contribution in [0.2, 0.25) is 0 Å². The highest BCUT2D eigenvalue weighted by molar-refractivity contribution is 5.93. The van der Waals surface area contributed by atoms with Crippen LogP contribution in [-0.4, -0.2) is 38.9 Å². The summed E-state index contributed by atoms with van der Waals surface area (Å²) in [6, 6.07) is 14.9. The average Bonchev–Trinajstić information content (AvgIpc) is 2.72. The summed E-state index contributed by atoms with van der Waals surface area (Å²) in [6.45, 7) is 6.75. The smallest absolute Gasteiger partial charge is 0.243 e. The number of amides is 1. The number of ether oxygens (including phenoxy) is 3. The van der Waals surface area contributed by atoms with E-state index in [1.807, 2.05) is 55.5 Å². The molecule has 2 rings (SSSR count). The molecular weight excluding hydrogens is 356 g/mol. The molecule has 2 N–H and O–H groups in total. The molecule has 0 aromatic heterocycles. The molecule has 0 aliphatic heterocycles. The highest BCUT2D eigenvalue weighted by Crippen LogP contribution is 2.17. The molecule has 0 atom stereocenters. The fourth-order valence-corrected chi connectivity index (χ4v) is 2.39. The highest BCUT2D eigenvalue weighted by atomic mass is 16.5. The van der Waals surface area contributed by atoms with E-state index in [9.17, 15) is 4.79 Å². The summed E-state index contributed by atoms with van der Waals surface area (Å²) in [4.78, 5) is 12.1. The van der Waals surface area contributed by atoms with Crippen LogP contribution in [0, 0.1) is 0 Å². The van der Waals surface area contributed by atoms with Crippen LogP contribution in [0.15, 0.2) is 48.5 Å². The van der Waals surface area contributed by atoms with E-state index in [1.165, 1.54) is 0 Å². The number of unbranched alkanes of at least 4 members (excludes halogenated alkanes) is 1. The molecule has 0 radical (unpaired) electrons. The molecule has 0 heterocycles. The first-order valence-electron chi connectivity index (χ1n) is 9.78. The van der Waals surface area contributed by atoms with E-state index in [0.29, 0.717) is 26.4 Å². The molecule has 0 unspecified atom stereocenters. The molecule has 0 saturated carbocycles. The lowest BCUT2D eigenvalue weighted by molar-refractivity contribution is -0.114. The molecule has 6 nitrogen and oxygen atoms in total.